The Hall–Kier alpha value is -1.11. The van der Waals surface area contributed by atoms with Gasteiger partial charge in [-0.1, -0.05) is 11.6 Å². The van der Waals surface area contributed by atoms with E-state index < -0.39 is 10.0 Å². The molecule has 3 rings (SSSR count). The van der Waals surface area contributed by atoms with E-state index in [0.717, 1.165) is 12.8 Å². The average Bonchev–Trinajstić information content (AvgIpc) is 3.32. The molecule has 1 saturated carbocycles. The fraction of sp³-hybridized carbons (Fsp3) is 0.533. The van der Waals surface area contributed by atoms with Gasteiger partial charge in [0.25, 0.3) is 0 Å². The van der Waals surface area contributed by atoms with E-state index in [9.17, 15) is 13.2 Å². The van der Waals surface area contributed by atoms with E-state index in [4.69, 9.17) is 11.6 Å². The number of benzene rings is 1. The predicted molar refractivity (Wildman–Crippen MR) is 84.1 cm³/mol. The maximum Gasteiger partial charge on any atom is 0.240 e. The number of hydrogen-bond donors (Lipinski definition) is 1. The van der Waals surface area contributed by atoms with Crippen LogP contribution in [0.15, 0.2) is 29.2 Å². The number of likely N-dealkylation sites (tertiary alicyclic amines) is 1. The molecule has 0 aromatic heterocycles. The molecule has 1 N–H and O–H groups in total. The van der Waals surface area contributed by atoms with Crippen molar-refractivity contribution >= 4 is 27.5 Å². The van der Waals surface area contributed by atoms with Gasteiger partial charge < -0.3 is 4.90 Å². The zero-order valence-electron chi connectivity index (χ0n) is 12.2. The minimum absolute atomic E-state index is 0.121. The molecule has 1 aliphatic carbocycles. The molecule has 0 radical (unpaired) electrons. The van der Waals surface area contributed by atoms with E-state index in [1.165, 1.54) is 12.1 Å². The quantitative estimate of drug-likeness (QED) is 0.910. The van der Waals surface area contributed by atoms with Gasteiger partial charge in [-0.25, -0.2) is 13.1 Å². The van der Waals surface area contributed by atoms with Crippen molar-refractivity contribution < 1.29 is 13.2 Å². The largest absolute Gasteiger partial charge is 0.342 e. The maximum absolute atomic E-state index is 12.3. The first-order chi connectivity index (χ1) is 10.5. The molecular weight excluding hydrogens is 324 g/mol. The van der Waals surface area contributed by atoms with E-state index in [2.05, 4.69) is 4.72 Å². The van der Waals surface area contributed by atoms with Crippen molar-refractivity contribution in [3.63, 3.8) is 0 Å². The lowest BCUT2D eigenvalue weighted by Crippen LogP contribution is -2.46. The Kier molecular flexibility index (Phi) is 4.43. The Morgan fingerprint density at radius 3 is 2.23 bits per heavy atom. The van der Waals surface area contributed by atoms with Gasteiger partial charge in [-0.15, -0.1) is 0 Å². The third-order valence-electron chi connectivity index (χ3n) is 4.18. The SMILES string of the molecule is O=C(C1CC1)N1CCC(NS(=O)(=O)c2ccc(Cl)cc2)CC1. The molecule has 0 spiro atoms. The molecule has 1 heterocycles. The Labute approximate surface area is 135 Å². The van der Waals surface area contributed by atoms with Crippen molar-refractivity contribution in [3.8, 4) is 0 Å². The smallest absolute Gasteiger partial charge is 0.240 e. The number of hydrogen-bond acceptors (Lipinski definition) is 3. The van der Waals surface area contributed by atoms with Crippen molar-refractivity contribution in [1.82, 2.24) is 9.62 Å². The number of carbonyl (C=O) groups excluding carboxylic acids is 1. The highest BCUT2D eigenvalue weighted by atomic mass is 35.5. The summed E-state index contributed by atoms with van der Waals surface area (Å²) in [5.41, 5.74) is 0. The number of carbonyl (C=O) groups is 1. The van der Waals surface area contributed by atoms with E-state index in [0.29, 0.717) is 31.0 Å². The van der Waals surface area contributed by atoms with Gasteiger partial charge in [0.05, 0.1) is 4.90 Å². The summed E-state index contributed by atoms with van der Waals surface area (Å²) in [6, 6.07) is 6.00. The van der Waals surface area contributed by atoms with Crippen molar-refractivity contribution in [2.75, 3.05) is 13.1 Å². The topological polar surface area (TPSA) is 66.5 Å². The molecule has 2 aliphatic rings. The van der Waals surface area contributed by atoms with Crippen LogP contribution in [0.4, 0.5) is 0 Å². The van der Waals surface area contributed by atoms with Crippen LogP contribution >= 0.6 is 11.6 Å². The predicted octanol–water partition coefficient (Wildman–Crippen LogP) is 2.02. The van der Waals surface area contributed by atoms with E-state index in [1.807, 2.05) is 4.90 Å². The van der Waals surface area contributed by atoms with Crippen LogP contribution in [0.3, 0.4) is 0 Å². The fourth-order valence-electron chi connectivity index (χ4n) is 2.71. The minimum Gasteiger partial charge on any atom is -0.342 e. The fourth-order valence-corrected chi connectivity index (χ4v) is 4.14. The van der Waals surface area contributed by atoms with Crippen molar-refractivity contribution in [1.29, 1.82) is 0 Å². The summed E-state index contributed by atoms with van der Waals surface area (Å²) in [7, 11) is -3.53. The molecule has 1 aromatic carbocycles. The molecule has 0 unspecified atom stereocenters. The van der Waals surface area contributed by atoms with Crippen LogP contribution in [0.25, 0.3) is 0 Å². The molecule has 1 saturated heterocycles. The molecule has 1 amide bonds. The molecule has 7 heteroatoms. The second-order valence-corrected chi connectivity index (χ2v) is 8.10. The summed E-state index contributed by atoms with van der Waals surface area (Å²) in [5, 5.41) is 0.505. The van der Waals surface area contributed by atoms with Gasteiger partial charge in [0.15, 0.2) is 0 Å². The molecule has 1 aliphatic heterocycles. The molecule has 1 aromatic rings. The number of amides is 1. The van der Waals surface area contributed by atoms with Crippen LogP contribution in [0.5, 0.6) is 0 Å². The second-order valence-electron chi connectivity index (χ2n) is 5.95. The van der Waals surface area contributed by atoms with Crippen LogP contribution < -0.4 is 4.72 Å². The highest BCUT2D eigenvalue weighted by Crippen LogP contribution is 2.32. The number of halogens is 1. The van der Waals surface area contributed by atoms with Gasteiger partial charge in [-0.05, 0) is 49.9 Å². The summed E-state index contributed by atoms with van der Waals surface area (Å²) < 4.78 is 27.3. The normalized spacial score (nSPS) is 20.1. The van der Waals surface area contributed by atoms with Crippen LogP contribution in [0, 0.1) is 5.92 Å². The van der Waals surface area contributed by atoms with Crippen LogP contribution in [-0.4, -0.2) is 38.4 Å². The zero-order chi connectivity index (χ0) is 15.7. The highest BCUT2D eigenvalue weighted by molar-refractivity contribution is 7.89. The summed E-state index contributed by atoms with van der Waals surface area (Å²) >= 11 is 5.78. The van der Waals surface area contributed by atoms with Crippen molar-refractivity contribution in [2.45, 2.75) is 36.6 Å². The molecule has 22 heavy (non-hydrogen) atoms. The Morgan fingerprint density at radius 1 is 1.09 bits per heavy atom. The monoisotopic (exact) mass is 342 g/mol. The summed E-state index contributed by atoms with van der Waals surface area (Å²) in [4.78, 5) is 14.1. The van der Waals surface area contributed by atoms with Gasteiger partial charge in [-0.3, -0.25) is 4.79 Å². The minimum atomic E-state index is -3.53. The summed E-state index contributed by atoms with van der Waals surface area (Å²) in [5.74, 6) is 0.460. The lowest BCUT2D eigenvalue weighted by atomic mass is 10.1. The number of nitrogens with one attached hydrogen (secondary N) is 1. The first kappa shape index (κ1) is 15.8. The molecule has 0 atom stereocenters. The first-order valence-electron chi connectivity index (χ1n) is 7.52. The van der Waals surface area contributed by atoms with Gasteiger partial charge in [0.1, 0.15) is 0 Å². The highest BCUT2D eigenvalue weighted by Gasteiger charge is 2.35. The van der Waals surface area contributed by atoms with Gasteiger partial charge in [0.2, 0.25) is 15.9 Å². The summed E-state index contributed by atoms with van der Waals surface area (Å²) in [6.45, 7) is 1.26. The Balaban J connectivity index is 1.57. The van der Waals surface area contributed by atoms with E-state index in [-0.39, 0.29) is 22.8 Å². The third-order valence-corrected chi connectivity index (χ3v) is 5.97. The van der Waals surface area contributed by atoms with Gasteiger partial charge in [-0.2, -0.15) is 0 Å². The number of rotatable bonds is 4. The van der Waals surface area contributed by atoms with Crippen LogP contribution in [-0.2, 0) is 14.8 Å². The Bertz CT molecular complexity index is 648. The maximum atomic E-state index is 12.3. The second kappa shape index (κ2) is 6.18. The standard InChI is InChI=1S/C15H19ClN2O3S/c16-12-3-5-14(6-4-12)22(20,21)17-13-7-9-18(10-8-13)15(19)11-1-2-11/h3-6,11,13,17H,1-2,7-10H2. The van der Waals surface area contributed by atoms with E-state index in [1.54, 1.807) is 12.1 Å². The zero-order valence-corrected chi connectivity index (χ0v) is 13.7. The summed E-state index contributed by atoms with van der Waals surface area (Å²) in [6.07, 6.45) is 3.32. The van der Waals surface area contributed by atoms with Crippen LogP contribution in [0.1, 0.15) is 25.7 Å². The van der Waals surface area contributed by atoms with Crippen molar-refractivity contribution in [3.05, 3.63) is 29.3 Å². The third kappa shape index (κ3) is 3.62. The molecule has 5 nitrogen and oxygen atoms in total. The average molecular weight is 343 g/mol. The molecule has 2 fully saturated rings. The molecule has 120 valence electrons. The first-order valence-corrected chi connectivity index (χ1v) is 9.38. The lowest BCUT2D eigenvalue weighted by Gasteiger charge is -2.32. The van der Waals surface area contributed by atoms with Crippen molar-refractivity contribution in [2.24, 2.45) is 5.92 Å². The number of nitrogens with zero attached hydrogens (tertiary/aromatic N) is 1. The molecular formula is C15H19ClN2O3S. The lowest BCUT2D eigenvalue weighted by molar-refractivity contribution is -0.133. The van der Waals surface area contributed by atoms with E-state index >= 15 is 0 Å². The number of piperidine rings is 1. The molecule has 0 bridgehead atoms. The number of sulfonamides is 1. The Morgan fingerprint density at radius 2 is 1.68 bits per heavy atom. The van der Waals surface area contributed by atoms with Crippen LogP contribution in [0.2, 0.25) is 5.02 Å². The van der Waals surface area contributed by atoms with Gasteiger partial charge >= 0.3 is 0 Å². The van der Waals surface area contributed by atoms with Gasteiger partial charge in [0, 0.05) is 30.1 Å².